The fraction of sp³-hybridized carbons (Fsp3) is 0.500. The van der Waals surface area contributed by atoms with E-state index in [4.69, 9.17) is 5.73 Å². The summed E-state index contributed by atoms with van der Waals surface area (Å²) in [5, 5.41) is 4.47. The van der Waals surface area contributed by atoms with Crippen LogP contribution in [0.25, 0.3) is 0 Å². The van der Waals surface area contributed by atoms with Gasteiger partial charge in [0.15, 0.2) is 0 Å². The van der Waals surface area contributed by atoms with E-state index in [-0.39, 0.29) is 11.8 Å². The summed E-state index contributed by atoms with van der Waals surface area (Å²) in [5.41, 5.74) is 5.82. The highest BCUT2D eigenvalue weighted by molar-refractivity contribution is 7.10. The van der Waals surface area contributed by atoms with E-state index < -0.39 is 18.1 Å². The van der Waals surface area contributed by atoms with Crippen LogP contribution in [0.1, 0.15) is 24.8 Å². The van der Waals surface area contributed by atoms with Crippen LogP contribution in [0.4, 0.5) is 0 Å². The minimum atomic E-state index is -0.754. The molecule has 0 saturated heterocycles. The van der Waals surface area contributed by atoms with Gasteiger partial charge in [0.25, 0.3) is 0 Å². The van der Waals surface area contributed by atoms with Gasteiger partial charge < -0.3 is 15.8 Å². The first-order valence-electron chi connectivity index (χ1n) is 5.64. The van der Waals surface area contributed by atoms with E-state index in [0.717, 1.165) is 4.88 Å². The highest BCUT2D eigenvalue weighted by Gasteiger charge is 2.27. The molecule has 0 radical (unpaired) electrons. The Morgan fingerprint density at radius 3 is 2.56 bits per heavy atom. The number of carbonyl (C=O) groups is 2. The molecule has 6 heteroatoms. The first-order chi connectivity index (χ1) is 8.47. The molecule has 0 aliphatic carbocycles. The van der Waals surface area contributed by atoms with Crippen LogP contribution in [0.15, 0.2) is 17.5 Å². The second kappa shape index (κ2) is 6.51. The quantitative estimate of drug-likeness (QED) is 0.784. The Balaban J connectivity index is 2.70. The SMILES string of the molecule is COC(=O)[C@@H](NC(=O)C(N)c1cccs1)C(C)C. The molecule has 0 aromatic carbocycles. The van der Waals surface area contributed by atoms with E-state index >= 15 is 0 Å². The number of thiophene rings is 1. The van der Waals surface area contributed by atoms with Crippen molar-refractivity contribution in [3.05, 3.63) is 22.4 Å². The average Bonchev–Trinajstić information content (AvgIpc) is 2.87. The van der Waals surface area contributed by atoms with E-state index in [1.54, 1.807) is 6.07 Å². The maximum absolute atomic E-state index is 11.9. The molecule has 5 nitrogen and oxygen atoms in total. The molecule has 2 atom stereocenters. The Morgan fingerprint density at radius 1 is 1.44 bits per heavy atom. The summed E-state index contributed by atoms with van der Waals surface area (Å²) in [6, 6.07) is 2.19. The fourth-order valence-electron chi connectivity index (χ4n) is 1.47. The largest absolute Gasteiger partial charge is 0.467 e. The number of ether oxygens (including phenoxy) is 1. The van der Waals surface area contributed by atoms with Crippen molar-refractivity contribution in [1.82, 2.24) is 5.32 Å². The monoisotopic (exact) mass is 270 g/mol. The molecule has 0 bridgehead atoms. The number of methoxy groups -OCH3 is 1. The smallest absolute Gasteiger partial charge is 0.328 e. The molecule has 100 valence electrons. The summed E-state index contributed by atoms with van der Waals surface area (Å²) < 4.78 is 4.65. The molecule has 0 aliphatic rings. The standard InChI is InChI=1S/C12H18N2O3S/c1-7(2)10(12(16)17-3)14-11(15)9(13)8-5-4-6-18-8/h4-7,9-10H,13H2,1-3H3,(H,14,15)/t9?,10-/m0/s1. The normalized spacial score (nSPS) is 14.1. The third-order valence-corrected chi connectivity index (χ3v) is 3.51. The van der Waals surface area contributed by atoms with Gasteiger partial charge in [-0.25, -0.2) is 4.79 Å². The maximum atomic E-state index is 11.9. The number of hydrogen-bond donors (Lipinski definition) is 2. The first kappa shape index (κ1) is 14.7. The molecule has 0 aliphatic heterocycles. The zero-order valence-electron chi connectivity index (χ0n) is 10.7. The number of hydrogen-bond acceptors (Lipinski definition) is 5. The molecule has 0 spiro atoms. The van der Waals surface area contributed by atoms with Crippen molar-refractivity contribution < 1.29 is 14.3 Å². The number of nitrogens with one attached hydrogen (secondary N) is 1. The van der Waals surface area contributed by atoms with Gasteiger partial charge in [-0.15, -0.1) is 11.3 Å². The lowest BCUT2D eigenvalue weighted by Gasteiger charge is -2.21. The number of nitrogens with two attached hydrogens (primary N) is 1. The predicted molar refractivity (Wildman–Crippen MR) is 70.0 cm³/mol. The van der Waals surface area contributed by atoms with E-state index in [9.17, 15) is 9.59 Å². The molecule has 18 heavy (non-hydrogen) atoms. The second-order valence-electron chi connectivity index (χ2n) is 4.25. The molecule has 0 fully saturated rings. The van der Waals surface area contributed by atoms with Crippen molar-refractivity contribution in [3.8, 4) is 0 Å². The van der Waals surface area contributed by atoms with Crippen LogP contribution in [0.3, 0.4) is 0 Å². The Bertz CT molecular complexity index is 403. The Morgan fingerprint density at radius 2 is 2.11 bits per heavy atom. The zero-order chi connectivity index (χ0) is 13.7. The van der Waals surface area contributed by atoms with Gasteiger partial charge in [-0.3, -0.25) is 4.79 Å². The predicted octanol–water partition coefficient (Wildman–Crippen LogP) is 1.06. The van der Waals surface area contributed by atoms with Gasteiger partial charge in [-0.2, -0.15) is 0 Å². The molecule has 1 amide bonds. The zero-order valence-corrected chi connectivity index (χ0v) is 11.5. The van der Waals surface area contributed by atoms with E-state index in [2.05, 4.69) is 10.1 Å². The lowest BCUT2D eigenvalue weighted by atomic mass is 10.0. The summed E-state index contributed by atoms with van der Waals surface area (Å²) in [4.78, 5) is 24.2. The van der Waals surface area contributed by atoms with Crippen LogP contribution >= 0.6 is 11.3 Å². The van der Waals surface area contributed by atoms with Crippen LogP contribution in [-0.2, 0) is 14.3 Å². The van der Waals surface area contributed by atoms with E-state index in [1.807, 2.05) is 25.3 Å². The number of esters is 1. The highest BCUT2D eigenvalue weighted by atomic mass is 32.1. The molecule has 3 N–H and O–H groups in total. The number of rotatable bonds is 5. The number of carbonyl (C=O) groups excluding carboxylic acids is 2. The van der Waals surface area contributed by atoms with Gasteiger partial charge in [-0.1, -0.05) is 19.9 Å². The molecule has 1 heterocycles. The molecule has 0 saturated carbocycles. The topological polar surface area (TPSA) is 81.4 Å². The minimum Gasteiger partial charge on any atom is -0.467 e. The second-order valence-corrected chi connectivity index (χ2v) is 5.23. The lowest BCUT2D eigenvalue weighted by Crippen LogP contribution is -2.48. The van der Waals surface area contributed by atoms with Crippen LogP contribution in [0, 0.1) is 5.92 Å². The third-order valence-electron chi connectivity index (χ3n) is 2.55. The van der Waals surface area contributed by atoms with E-state index in [1.165, 1.54) is 18.4 Å². The third kappa shape index (κ3) is 3.54. The summed E-state index contributed by atoms with van der Waals surface area (Å²) in [7, 11) is 1.29. The molecular formula is C12H18N2O3S. The summed E-state index contributed by atoms with van der Waals surface area (Å²) >= 11 is 1.41. The molecule has 1 aromatic rings. The minimum absolute atomic E-state index is 0.0584. The highest BCUT2D eigenvalue weighted by Crippen LogP contribution is 2.17. The Kier molecular flexibility index (Phi) is 5.30. The van der Waals surface area contributed by atoms with Gasteiger partial charge >= 0.3 is 5.97 Å². The van der Waals surface area contributed by atoms with Crippen molar-refractivity contribution >= 4 is 23.2 Å². The van der Waals surface area contributed by atoms with Crippen molar-refractivity contribution in [2.24, 2.45) is 11.7 Å². The first-order valence-corrected chi connectivity index (χ1v) is 6.52. The van der Waals surface area contributed by atoms with Gasteiger partial charge in [-0.05, 0) is 17.4 Å². The molecule has 1 unspecified atom stereocenters. The Labute approximate surface area is 110 Å². The van der Waals surface area contributed by atoms with Gasteiger partial charge in [0.2, 0.25) is 5.91 Å². The van der Waals surface area contributed by atoms with Crippen molar-refractivity contribution in [3.63, 3.8) is 0 Å². The molecular weight excluding hydrogens is 252 g/mol. The summed E-state index contributed by atoms with van der Waals surface area (Å²) in [6.45, 7) is 3.66. The van der Waals surface area contributed by atoms with Crippen LogP contribution in [-0.4, -0.2) is 25.0 Å². The fourth-order valence-corrected chi connectivity index (χ4v) is 2.19. The van der Waals surface area contributed by atoms with Crippen molar-refractivity contribution in [1.29, 1.82) is 0 Å². The van der Waals surface area contributed by atoms with Gasteiger partial charge in [0.05, 0.1) is 7.11 Å². The van der Waals surface area contributed by atoms with Crippen LogP contribution < -0.4 is 11.1 Å². The Hall–Kier alpha value is -1.40. The number of amides is 1. The molecule has 1 rings (SSSR count). The lowest BCUT2D eigenvalue weighted by molar-refractivity contribution is -0.146. The van der Waals surface area contributed by atoms with Crippen molar-refractivity contribution in [2.45, 2.75) is 25.9 Å². The van der Waals surface area contributed by atoms with Crippen molar-refractivity contribution in [2.75, 3.05) is 7.11 Å². The molecule has 1 aromatic heterocycles. The summed E-state index contributed by atoms with van der Waals surface area (Å²) in [5.74, 6) is -0.893. The maximum Gasteiger partial charge on any atom is 0.328 e. The van der Waals surface area contributed by atoms with E-state index in [0.29, 0.717) is 0 Å². The van der Waals surface area contributed by atoms with Crippen LogP contribution in [0.5, 0.6) is 0 Å². The van der Waals surface area contributed by atoms with Gasteiger partial charge in [0, 0.05) is 4.88 Å². The summed E-state index contributed by atoms with van der Waals surface area (Å²) in [6.07, 6.45) is 0. The van der Waals surface area contributed by atoms with Crippen LogP contribution in [0.2, 0.25) is 0 Å². The van der Waals surface area contributed by atoms with Gasteiger partial charge in [0.1, 0.15) is 12.1 Å². The average molecular weight is 270 g/mol.